The summed E-state index contributed by atoms with van der Waals surface area (Å²) in [6.07, 6.45) is 4.14. The molecule has 0 amide bonds. The van der Waals surface area contributed by atoms with Gasteiger partial charge in [-0.2, -0.15) is 5.26 Å². The van der Waals surface area contributed by atoms with E-state index in [1.54, 1.807) is 17.5 Å². The Hall–Kier alpha value is -1.84. The SMILES string of the molecule is N#CCC1CCC(Nc2c(N)cnc3ccsc23)CO1. The van der Waals surface area contributed by atoms with Crippen LogP contribution in [0.3, 0.4) is 0 Å². The van der Waals surface area contributed by atoms with E-state index < -0.39 is 0 Å². The molecule has 2 unspecified atom stereocenters. The van der Waals surface area contributed by atoms with Crippen molar-refractivity contribution in [3.8, 4) is 6.07 Å². The Morgan fingerprint density at radius 2 is 2.45 bits per heavy atom. The van der Waals surface area contributed by atoms with E-state index in [0.717, 1.165) is 28.7 Å². The molecule has 3 heterocycles. The zero-order valence-electron chi connectivity index (χ0n) is 11.0. The Morgan fingerprint density at radius 3 is 3.20 bits per heavy atom. The van der Waals surface area contributed by atoms with Crippen LogP contribution >= 0.6 is 11.3 Å². The van der Waals surface area contributed by atoms with Crippen LogP contribution in [-0.4, -0.2) is 23.7 Å². The molecule has 3 N–H and O–H groups in total. The summed E-state index contributed by atoms with van der Waals surface area (Å²) in [7, 11) is 0. The molecule has 3 rings (SSSR count). The minimum absolute atomic E-state index is 0.0783. The summed E-state index contributed by atoms with van der Waals surface area (Å²) in [5.41, 5.74) is 8.62. The molecule has 104 valence electrons. The monoisotopic (exact) mass is 288 g/mol. The van der Waals surface area contributed by atoms with E-state index >= 15 is 0 Å². The number of anilines is 2. The highest BCUT2D eigenvalue weighted by Crippen LogP contribution is 2.33. The van der Waals surface area contributed by atoms with E-state index in [9.17, 15) is 0 Å². The van der Waals surface area contributed by atoms with Gasteiger partial charge >= 0.3 is 0 Å². The Bertz CT molecular complexity index is 640. The Morgan fingerprint density at radius 1 is 1.55 bits per heavy atom. The van der Waals surface area contributed by atoms with Gasteiger partial charge in [0.25, 0.3) is 0 Å². The first-order valence-corrected chi connectivity index (χ1v) is 7.52. The van der Waals surface area contributed by atoms with Crippen molar-refractivity contribution in [2.75, 3.05) is 17.7 Å². The van der Waals surface area contributed by atoms with Crippen LogP contribution in [0.4, 0.5) is 11.4 Å². The van der Waals surface area contributed by atoms with Crippen molar-refractivity contribution in [3.63, 3.8) is 0 Å². The molecule has 0 spiro atoms. The fourth-order valence-electron chi connectivity index (χ4n) is 2.46. The zero-order chi connectivity index (χ0) is 13.9. The van der Waals surface area contributed by atoms with Crippen LogP contribution in [0.15, 0.2) is 17.6 Å². The molecule has 0 aliphatic carbocycles. The zero-order valence-corrected chi connectivity index (χ0v) is 11.8. The third-order valence-electron chi connectivity index (χ3n) is 3.54. The van der Waals surface area contributed by atoms with Crippen LogP contribution in [-0.2, 0) is 4.74 Å². The Labute approximate surface area is 121 Å². The molecular weight excluding hydrogens is 272 g/mol. The van der Waals surface area contributed by atoms with Crippen LogP contribution in [0.25, 0.3) is 10.2 Å². The number of hydrogen-bond donors (Lipinski definition) is 2. The minimum atomic E-state index is 0.0783. The number of fused-ring (bicyclic) bond motifs is 1. The molecule has 1 aliphatic heterocycles. The summed E-state index contributed by atoms with van der Waals surface area (Å²) in [4.78, 5) is 4.31. The van der Waals surface area contributed by atoms with Crippen molar-refractivity contribution in [1.82, 2.24) is 4.98 Å². The lowest BCUT2D eigenvalue weighted by Crippen LogP contribution is -2.34. The van der Waals surface area contributed by atoms with Gasteiger partial charge in [-0.05, 0) is 24.3 Å². The number of nitrogens with zero attached hydrogens (tertiary/aromatic N) is 2. The quantitative estimate of drug-likeness (QED) is 0.907. The van der Waals surface area contributed by atoms with Gasteiger partial charge in [-0.3, -0.25) is 4.98 Å². The standard InChI is InChI=1S/C14H16N4OS/c15-5-3-10-2-1-9(8-19-10)18-13-11(16)7-17-12-4-6-20-14(12)13/h4,6-7,9-10H,1-3,8,16H2,(H,17,18). The summed E-state index contributed by atoms with van der Waals surface area (Å²) >= 11 is 1.64. The Balaban J connectivity index is 1.73. The van der Waals surface area contributed by atoms with Gasteiger partial charge in [0.15, 0.2) is 0 Å². The van der Waals surface area contributed by atoms with Gasteiger partial charge in [-0.1, -0.05) is 0 Å². The highest BCUT2D eigenvalue weighted by atomic mass is 32.1. The first-order valence-electron chi connectivity index (χ1n) is 6.64. The predicted octanol–water partition coefficient (Wildman–Crippen LogP) is 2.75. The van der Waals surface area contributed by atoms with Gasteiger partial charge in [0.2, 0.25) is 0 Å². The lowest BCUT2D eigenvalue weighted by molar-refractivity contribution is 0.0127. The molecule has 0 saturated carbocycles. The predicted molar refractivity (Wildman–Crippen MR) is 80.6 cm³/mol. The summed E-state index contributed by atoms with van der Waals surface area (Å²) in [5, 5.41) is 14.2. The molecule has 0 radical (unpaired) electrons. The molecule has 2 aromatic heterocycles. The van der Waals surface area contributed by atoms with Gasteiger partial charge in [0.05, 0.1) is 53.0 Å². The van der Waals surface area contributed by atoms with E-state index in [1.807, 2.05) is 11.4 Å². The van der Waals surface area contributed by atoms with Gasteiger partial charge in [0, 0.05) is 6.04 Å². The minimum Gasteiger partial charge on any atom is -0.396 e. The summed E-state index contributed by atoms with van der Waals surface area (Å²) in [6, 6.07) is 4.39. The molecule has 1 aliphatic rings. The molecule has 1 saturated heterocycles. The summed E-state index contributed by atoms with van der Waals surface area (Å²) in [6.45, 7) is 0.612. The maximum atomic E-state index is 8.68. The number of hydrogen-bond acceptors (Lipinski definition) is 6. The maximum Gasteiger partial charge on any atom is 0.0832 e. The number of aromatic nitrogens is 1. The summed E-state index contributed by atoms with van der Waals surface area (Å²) < 4.78 is 6.79. The molecule has 0 aromatic carbocycles. The summed E-state index contributed by atoms with van der Waals surface area (Å²) in [5.74, 6) is 0. The number of nitriles is 1. The van der Waals surface area contributed by atoms with Gasteiger partial charge in [-0.25, -0.2) is 0 Å². The Kier molecular flexibility index (Phi) is 3.72. The first-order chi connectivity index (χ1) is 9.78. The number of ether oxygens (including phenoxy) is 1. The number of pyridine rings is 1. The van der Waals surface area contributed by atoms with Crippen LogP contribution in [0.2, 0.25) is 0 Å². The molecule has 6 heteroatoms. The normalized spacial score (nSPS) is 22.6. The van der Waals surface area contributed by atoms with Crippen molar-refractivity contribution >= 4 is 32.9 Å². The van der Waals surface area contributed by atoms with E-state index in [1.165, 1.54) is 0 Å². The molecule has 20 heavy (non-hydrogen) atoms. The maximum absolute atomic E-state index is 8.68. The number of nitrogens with two attached hydrogens (primary N) is 1. The van der Waals surface area contributed by atoms with E-state index in [2.05, 4.69) is 16.4 Å². The number of rotatable bonds is 3. The highest BCUT2D eigenvalue weighted by molar-refractivity contribution is 7.17. The van der Waals surface area contributed by atoms with E-state index in [4.69, 9.17) is 15.7 Å². The third-order valence-corrected chi connectivity index (χ3v) is 4.46. The van der Waals surface area contributed by atoms with Crippen LogP contribution in [0.5, 0.6) is 0 Å². The van der Waals surface area contributed by atoms with Gasteiger partial charge in [0.1, 0.15) is 0 Å². The third kappa shape index (κ3) is 2.55. The molecule has 0 bridgehead atoms. The molecule has 2 atom stereocenters. The van der Waals surface area contributed by atoms with Crippen molar-refractivity contribution in [1.29, 1.82) is 5.26 Å². The smallest absolute Gasteiger partial charge is 0.0832 e. The van der Waals surface area contributed by atoms with Crippen molar-refractivity contribution in [2.45, 2.75) is 31.4 Å². The van der Waals surface area contributed by atoms with Gasteiger partial charge in [-0.15, -0.1) is 11.3 Å². The lowest BCUT2D eigenvalue weighted by atomic mass is 10.0. The van der Waals surface area contributed by atoms with Crippen LogP contribution < -0.4 is 11.1 Å². The average Bonchev–Trinajstić information content (AvgIpc) is 2.93. The number of nitrogens with one attached hydrogen (secondary N) is 1. The number of thiophene rings is 1. The van der Waals surface area contributed by atoms with Crippen molar-refractivity contribution in [2.24, 2.45) is 0 Å². The molecular formula is C14H16N4OS. The van der Waals surface area contributed by atoms with Crippen molar-refractivity contribution in [3.05, 3.63) is 17.6 Å². The molecule has 2 aromatic rings. The second-order valence-electron chi connectivity index (χ2n) is 4.96. The van der Waals surface area contributed by atoms with Crippen molar-refractivity contribution < 1.29 is 4.74 Å². The van der Waals surface area contributed by atoms with Gasteiger partial charge < -0.3 is 15.8 Å². The molecule has 5 nitrogen and oxygen atoms in total. The fourth-order valence-corrected chi connectivity index (χ4v) is 3.33. The van der Waals surface area contributed by atoms with E-state index in [0.29, 0.717) is 18.7 Å². The topological polar surface area (TPSA) is 84.0 Å². The largest absolute Gasteiger partial charge is 0.396 e. The fraction of sp³-hybridized carbons (Fsp3) is 0.429. The first kappa shape index (κ1) is 13.2. The molecule has 1 fully saturated rings. The highest BCUT2D eigenvalue weighted by Gasteiger charge is 2.22. The lowest BCUT2D eigenvalue weighted by Gasteiger charge is -2.29. The second-order valence-corrected chi connectivity index (χ2v) is 5.88. The van der Waals surface area contributed by atoms with Crippen LogP contribution in [0.1, 0.15) is 19.3 Å². The number of nitrogen functional groups attached to an aromatic ring is 1. The van der Waals surface area contributed by atoms with Crippen LogP contribution in [0, 0.1) is 11.3 Å². The average molecular weight is 288 g/mol. The second kappa shape index (κ2) is 5.65. The van der Waals surface area contributed by atoms with E-state index in [-0.39, 0.29) is 12.1 Å².